The van der Waals surface area contributed by atoms with Gasteiger partial charge in [-0.2, -0.15) is 0 Å². The summed E-state index contributed by atoms with van der Waals surface area (Å²) in [6.45, 7) is 6.18. The van der Waals surface area contributed by atoms with Crippen molar-refractivity contribution < 1.29 is 10.2 Å². The van der Waals surface area contributed by atoms with Crippen LogP contribution in [-0.4, -0.2) is 97.5 Å². The summed E-state index contributed by atoms with van der Waals surface area (Å²) in [5, 5.41) is 17.9. The number of piperidine rings is 1. The van der Waals surface area contributed by atoms with Crippen molar-refractivity contribution in [2.24, 2.45) is 0 Å². The average Bonchev–Trinajstić information content (AvgIpc) is 2.40. The Morgan fingerprint density at radius 3 is 2.05 bits per heavy atom. The molecule has 0 unspecified atom stereocenters. The third-order valence-electron chi connectivity index (χ3n) is 4.07. The normalized spacial score (nSPS) is 18.6. The number of likely N-dealkylation sites (tertiary alicyclic amines) is 1. The van der Waals surface area contributed by atoms with Crippen molar-refractivity contribution in [1.29, 1.82) is 0 Å². The molecule has 1 aliphatic rings. The number of aliphatic hydroxyl groups is 2. The maximum Gasteiger partial charge on any atom is 0.0558 e. The third-order valence-corrected chi connectivity index (χ3v) is 4.07. The summed E-state index contributed by atoms with van der Waals surface area (Å²) in [6, 6.07) is 0.747. The van der Waals surface area contributed by atoms with Gasteiger partial charge in [0.2, 0.25) is 0 Å². The van der Waals surface area contributed by atoms with E-state index < -0.39 is 0 Å². The van der Waals surface area contributed by atoms with Crippen molar-refractivity contribution >= 4 is 0 Å². The second-order valence-electron chi connectivity index (χ2n) is 5.68. The summed E-state index contributed by atoms with van der Waals surface area (Å²) < 4.78 is 0. The molecule has 1 aliphatic heterocycles. The van der Waals surface area contributed by atoms with Crippen molar-refractivity contribution in [1.82, 2.24) is 14.7 Å². The van der Waals surface area contributed by atoms with E-state index in [-0.39, 0.29) is 13.2 Å². The number of hydrogen-bond acceptors (Lipinski definition) is 5. The monoisotopic (exact) mass is 273 g/mol. The van der Waals surface area contributed by atoms with Gasteiger partial charge in [0.05, 0.1) is 13.2 Å². The van der Waals surface area contributed by atoms with Crippen LogP contribution in [0.5, 0.6) is 0 Å². The largest absolute Gasteiger partial charge is 0.395 e. The van der Waals surface area contributed by atoms with E-state index in [1.54, 1.807) is 0 Å². The molecule has 0 saturated carbocycles. The van der Waals surface area contributed by atoms with Gasteiger partial charge in [0, 0.05) is 19.1 Å². The molecule has 19 heavy (non-hydrogen) atoms. The molecule has 0 amide bonds. The van der Waals surface area contributed by atoms with Crippen LogP contribution in [0.1, 0.15) is 19.3 Å². The van der Waals surface area contributed by atoms with E-state index in [1.807, 2.05) is 0 Å². The van der Waals surface area contributed by atoms with Crippen LogP contribution in [0.3, 0.4) is 0 Å². The van der Waals surface area contributed by atoms with Gasteiger partial charge in [-0.3, -0.25) is 4.90 Å². The average molecular weight is 273 g/mol. The number of aliphatic hydroxyl groups excluding tert-OH is 2. The van der Waals surface area contributed by atoms with Gasteiger partial charge < -0.3 is 20.0 Å². The predicted molar refractivity (Wildman–Crippen MR) is 78.4 cm³/mol. The van der Waals surface area contributed by atoms with E-state index in [0.717, 1.165) is 25.6 Å². The standard InChI is InChI=1S/C14H31N3O2/c1-15(2)14-4-8-16(9-5-14)6-3-7-17(10-12-18)11-13-19/h14,18-19H,3-13H2,1-2H3. The van der Waals surface area contributed by atoms with Crippen molar-refractivity contribution in [2.45, 2.75) is 25.3 Å². The molecule has 0 radical (unpaired) electrons. The molecule has 0 aliphatic carbocycles. The molecule has 114 valence electrons. The minimum atomic E-state index is 0.175. The van der Waals surface area contributed by atoms with Crippen LogP contribution in [0, 0.1) is 0 Å². The highest BCUT2D eigenvalue weighted by Crippen LogP contribution is 2.14. The zero-order chi connectivity index (χ0) is 14.1. The summed E-state index contributed by atoms with van der Waals surface area (Å²) in [5.41, 5.74) is 0. The van der Waals surface area contributed by atoms with Gasteiger partial charge in [0.15, 0.2) is 0 Å². The quantitative estimate of drug-likeness (QED) is 0.603. The first-order valence-corrected chi connectivity index (χ1v) is 7.50. The molecule has 5 nitrogen and oxygen atoms in total. The Kier molecular flexibility index (Phi) is 8.57. The fraction of sp³-hybridized carbons (Fsp3) is 1.00. The molecule has 5 heteroatoms. The van der Waals surface area contributed by atoms with E-state index in [2.05, 4.69) is 28.8 Å². The van der Waals surface area contributed by atoms with Crippen LogP contribution < -0.4 is 0 Å². The Hall–Kier alpha value is -0.200. The van der Waals surface area contributed by atoms with Crippen molar-refractivity contribution in [2.75, 3.05) is 66.6 Å². The Bertz CT molecular complexity index is 213. The molecule has 0 aromatic carbocycles. The summed E-state index contributed by atoms with van der Waals surface area (Å²) in [6.07, 6.45) is 3.65. The smallest absolute Gasteiger partial charge is 0.0558 e. The first kappa shape index (κ1) is 16.9. The van der Waals surface area contributed by atoms with Crippen molar-refractivity contribution in [3.05, 3.63) is 0 Å². The van der Waals surface area contributed by atoms with Crippen LogP contribution >= 0.6 is 0 Å². The minimum absolute atomic E-state index is 0.175. The van der Waals surface area contributed by atoms with E-state index in [1.165, 1.54) is 25.9 Å². The van der Waals surface area contributed by atoms with Crippen molar-refractivity contribution in [3.8, 4) is 0 Å². The lowest BCUT2D eigenvalue weighted by atomic mass is 10.0. The summed E-state index contributed by atoms with van der Waals surface area (Å²) >= 11 is 0. The van der Waals surface area contributed by atoms with Gasteiger partial charge in [0.25, 0.3) is 0 Å². The van der Waals surface area contributed by atoms with Gasteiger partial charge in [-0.05, 0) is 59.5 Å². The summed E-state index contributed by atoms with van der Waals surface area (Å²) in [4.78, 5) is 7.00. The molecular weight excluding hydrogens is 242 g/mol. The minimum Gasteiger partial charge on any atom is -0.395 e. The molecule has 1 saturated heterocycles. The van der Waals surface area contributed by atoms with Gasteiger partial charge in [-0.15, -0.1) is 0 Å². The highest BCUT2D eigenvalue weighted by molar-refractivity contribution is 4.77. The highest BCUT2D eigenvalue weighted by Gasteiger charge is 2.20. The van der Waals surface area contributed by atoms with Crippen LogP contribution in [0.2, 0.25) is 0 Å². The molecule has 0 atom stereocenters. The lowest BCUT2D eigenvalue weighted by Crippen LogP contribution is -2.42. The first-order chi connectivity index (χ1) is 9.17. The molecule has 0 aromatic rings. The topological polar surface area (TPSA) is 50.2 Å². The van der Waals surface area contributed by atoms with E-state index in [9.17, 15) is 0 Å². The fourth-order valence-electron chi connectivity index (χ4n) is 2.80. The van der Waals surface area contributed by atoms with Gasteiger partial charge in [-0.1, -0.05) is 0 Å². The maximum atomic E-state index is 8.95. The molecule has 1 heterocycles. The highest BCUT2D eigenvalue weighted by atomic mass is 16.3. The van der Waals surface area contributed by atoms with E-state index >= 15 is 0 Å². The Morgan fingerprint density at radius 1 is 1.00 bits per heavy atom. The molecule has 1 rings (SSSR count). The number of hydrogen-bond donors (Lipinski definition) is 2. The zero-order valence-electron chi connectivity index (χ0n) is 12.6. The van der Waals surface area contributed by atoms with Crippen LogP contribution in [0.15, 0.2) is 0 Å². The van der Waals surface area contributed by atoms with Crippen LogP contribution in [0.25, 0.3) is 0 Å². The predicted octanol–water partition coefficient (Wildman–Crippen LogP) is -0.311. The summed E-state index contributed by atoms with van der Waals surface area (Å²) in [5.74, 6) is 0. The Labute approximate surface area is 117 Å². The molecule has 1 fully saturated rings. The van der Waals surface area contributed by atoms with E-state index in [4.69, 9.17) is 10.2 Å². The SMILES string of the molecule is CN(C)C1CCN(CCCN(CCO)CCO)CC1. The molecule has 0 aromatic heterocycles. The molecular formula is C14H31N3O2. The van der Waals surface area contributed by atoms with E-state index in [0.29, 0.717) is 13.1 Å². The molecule has 0 bridgehead atoms. The fourth-order valence-corrected chi connectivity index (χ4v) is 2.80. The second kappa shape index (κ2) is 9.66. The van der Waals surface area contributed by atoms with Crippen molar-refractivity contribution in [3.63, 3.8) is 0 Å². The first-order valence-electron chi connectivity index (χ1n) is 7.50. The number of rotatable bonds is 9. The third kappa shape index (κ3) is 6.68. The maximum absolute atomic E-state index is 8.95. The lowest BCUT2D eigenvalue weighted by molar-refractivity contribution is 0.129. The zero-order valence-corrected chi connectivity index (χ0v) is 12.6. The molecule has 0 spiro atoms. The number of nitrogens with zero attached hydrogens (tertiary/aromatic N) is 3. The van der Waals surface area contributed by atoms with Gasteiger partial charge in [0.1, 0.15) is 0 Å². The lowest BCUT2D eigenvalue weighted by Gasteiger charge is -2.35. The van der Waals surface area contributed by atoms with Gasteiger partial charge in [-0.25, -0.2) is 0 Å². The Morgan fingerprint density at radius 2 is 1.58 bits per heavy atom. The van der Waals surface area contributed by atoms with Gasteiger partial charge >= 0.3 is 0 Å². The summed E-state index contributed by atoms with van der Waals surface area (Å²) in [7, 11) is 4.34. The Balaban J connectivity index is 2.12. The second-order valence-corrected chi connectivity index (χ2v) is 5.68. The van der Waals surface area contributed by atoms with Crippen LogP contribution in [-0.2, 0) is 0 Å². The molecule has 2 N–H and O–H groups in total. The van der Waals surface area contributed by atoms with Crippen LogP contribution in [0.4, 0.5) is 0 Å².